The maximum absolute atomic E-state index is 12.1. The van der Waals surface area contributed by atoms with Crippen LogP contribution in [0.3, 0.4) is 0 Å². The average Bonchev–Trinajstić information content (AvgIpc) is 3.28. The zero-order valence-electron chi connectivity index (χ0n) is 24.0. The first-order valence-electron chi connectivity index (χ1n) is 14.3. The van der Waals surface area contributed by atoms with Crippen molar-refractivity contribution < 1.29 is 19.4 Å². The van der Waals surface area contributed by atoms with Gasteiger partial charge in [-0.15, -0.1) is 0 Å². The number of fused-ring (bicyclic) bond motifs is 1. The van der Waals surface area contributed by atoms with Crippen molar-refractivity contribution in [2.75, 3.05) is 19.0 Å². The summed E-state index contributed by atoms with van der Waals surface area (Å²) in [5, 5.41) is 15.8. The molecule has 11 nitrogen and oxygen atoms in total. The lowest BCUT2D eigenvalue weighted by atomic mass is 9.78. The Bertz CT molecular complexity index is 1580. The third kappa shape index (κ3) is 6.33. The van der Waals surface area contributed by atoms with Crippen LogP contribution >= 0.6 is 11.3 Å². The quantitative estimate of drug-likeness (QED) is 0.201. The fourth-order valence-corrected chi connectivity index (χ4v) is 6.53. The Labute approximate surface area is 248 Å². The lowest BCUT2D eigenvalue weighted by molar-refractivity contribution is -0.150. The van der Waals surface area contributed by atoms with Crippen LogP contribution in [0.2, 0.25) is 0 Å². The smallest absolute Gasteiger partial charge is 0.321 e. The molecule has 0 aliphatic heterocycles. The number of anilines is 1. The van der Waals surface area contributed by atoms with Crippen molar-refractivity contribution in [1.29, 1.82) is 0 Å². The standard InChI is InChI=1S/C30H35N7O4S/c1-4-30(27(38)39)10-6-7-18(8-11-30)13-23-33-16-20(17-34-23)19-14-21(26-32-12-9-24(36-26)41-3)25-22(15-19)35-29(42-25)37-28(40)31-5-2/h9,12,14-18H,4-8,10-11,13H2,1-3H3,(H,38,39)(H2,31,35,37,40). The number of carboxylic acids is 1. The van der Waals surface area contributed by atoms with Gasteiger partial charge in [-0.2, -0.15) is 4.98 Å². The van der Waals surface area contributed by atoms with Crippen LogP contribution < -0.4 is 15.4 Å². The summed E-state index contributed by atoms with van der Waals surface area (Å²) in [6, 6.07) is 5.28. The van der Waals surface area contributed by atoms with Crippen molar-refractivity contribution in [1.82, 2.24) is 30.2 Å². The number of aromatic nitrogens is 5. The highest BCUT2D eigenvalue weighted by molar-refractivity contribution is 7.22. The molecule has 2 amide bonds. The number of nitrogens with one attached hydrogen (secondary N) is 2. The van der Waals surface area contributed by atoms with Gasteiger partial charge in [-0.25, -0.2) is 24.7 Å². The van der Waals surface area contributed by atoms with E-state index >= 15 is 0 Å². The van der Waals surface area contributed by atoms with Gasteiger partial charge in [0.05, 0.1) is 22.7 Å². The van der Waals surface area contributed by atoms with Crippen LogP contribution in [0.4, 0.5) is 9.93 Å². The first-order chi connectivity index (χ1) is 20.3. The minimum absolute atomic E-state index is 0.322. The summed E-state index contributed by atoms with van der Waals surface area (Å²) < 4.78 is 6.15. The van der Waals surface area contributed by atoms with Crippen LogP contribution in [-0.4, -0.2) is 55.7 Å². The summed E-state index contributed by atoms with van der Waals surface area (Å²) in [6.45, 7) is 4.33. The van der Waals surface area contributed by atoms with Crippen molar-refractivity contribution in [3.8, 4) is 28.4 Å². The molecule has 0 saturated heterocycles. The zero-order chi connectivity index (χ0) is 29.7. The van der Waals surface area contributed by atoms with E-state index in [1.807, 2.05) is 38.4 Å². The number of ether oxygens (including phenoxy) is 1. The number of carboxylic acid groups (broad SMARTS) is 1. The molecule has 2 atom stereocenters. The maximum Gasteiger partial charge on any atom is 0.321 e. The molecule has 42 heavy (non-hydrogen) atoms. The Kier molecular flexibility index (Phi) is 8.91. The third-order valence-electron chi connectivity index (χ3n) is 8.07. The predicted octanol–water partition coefficient (Wildman–Crippen LogP) is 5.96. The van der Waals surface area contributed by atoms with Crippen LogP contribution in [0.25, 0.3) is 32.7 Å². The summed E-state index contributed by atoms with van der Waals surface area (Å²) in [4.78, 5) is 47.1. The summed E-state index contributed by atoms with van der Waals surface area (Å²) in [7, 11) is 1.56. The topological polar surface area (TPSA) is 152 Å². The van der Waals surface area contributed by atoms with Gasteiger partial charge in [-0.1, -0.05) is 24.7 Å². The number of carbonyl (C=O) groups excluding carboxylic acids is 1. The predicted molar refractivity (Wildman–Crippen MR) is 162 cm³/mol. The van der Waals surface area contributed by atoms with Crippen molar-refractivity contribution in [3.63, 3.8) is 0 Å². The molecule has 1 saturated carbocycles. The van der Waals surface area contributed by atoms with Crippen LogP contribution in [0.5, 0.6) is 5.88 Å². The van der Waals surface area contributed by atoms with E-state index in [2.05, 4.69) is 35.6 Å². The van der Waals surface area contributed by atoms with Crippen molar-refractivity contribution in [3.05, 3.63) is 42.6 Å². The lowest BCUT2D eigenvalue weighted by Crippen LogP contribution is -2.29. The number of rotatable bonds is 9. The van der Waals surface area contributed by atoms with Gasteiger partial charge in [0.15, 0.2) is 11.0 Å². The highest BCUT2D eigenvalue weighted by Gasteiger charge is 2.38. The van der Waals surface area contributed by atoms with E-state index in [1.54, 1.807) is 19.4 Å². The number of hydrogen-bond acceptors (Lipinski definition) is 9. The van der Waals surface area contributed by atoms with E-state index < -0.39 is 11.4 Å². The van der Waals surface area contributed by atoms with Gasteiger partial charge in [0.2, 0.25) is 5.88 Å². The molecule has 1 aromatic carbocycles. The van der Waals surface area contributed by atoms with Gasteiger partial charge in [0.25, 0.3) is 0 Å². The van der Waals surface area contributed by atoms with E-state index in [9.17, 15) is 14.7 Å². The van der Waals surface area contributed by atoms with E-state index in [0.717, 1.165) is 59.3 Å². The number of urea groups is 1. The number of amides is 2. The molecule has 220 valence electrons. The highest BCUT2D eigenvalue weighted by atomic mass is 32.1. The monoisotopic (exact) mass is 589 g/mol. The number of nitrogens with zero attached hydrogens (tertiary/aromatic N) is 5. The van der Waals surface area contributed by atoms with Gasteiger partial charge in [0, 0.05) is 48.7 Å². The molecule has 1 fully saturated rings. The van der Waals surface area contributed by atoms with Gasteiger partial charge < -0.3 is 15.2 Å². The average molecular weight is 590 g/mol. The Morgan fingerprint density at radius 3 is 2.62 bits per heavy atom. The van der Waals surface area contributed by atoms with Crippen LogP contribution in [0.1, 0.15) is 58.2 Å². The SMILES string of the molecule is CCNC(=O)Nc1nc2cc(-c3cnc(CC4CCCC(CC)(C(=O)O)CC4)nc3)cc(-c3nccc(OC)n3)c2s1. The second-order valence-corrected chi connectivity index (χ2v) is 11.6. The van der Waals surface area contributed by atoms with Crippen molar-refractivity contribution in [2.45, 2.75) is 58.8 Å². The molecule has 1 aliphatic carbocycles. The first kappa shape index (κ1) is 29.3. The summed E-state index contributed by atoms with van der Waals surface area (Å²) in [5.74, 6) is 1.36. The Morgan fingerprint density at radius 1 is 1.10 bits per heavy atom. The molecule has 5 rings (SSSR count). The summed E-state index contributed by atoms with van der Waals surface area (Å²) in [6.07, 6.45) is 10.8. The Morgan fingerprint density at radius 2 is 1.90 bits per heavy atom. The highest BCUT2D eigenvalue weighted by Crippen LogP contribution is 2.41. The van der Waals surface area contributed by atoms with Gasteiger partial charge in [-0.3, -0.25) is 10.1 Å². The van der Waals surface area contributed by atoms with Gasteiger partial charge in [0.1, 0.15) is 5.82 Å². The van der Waals surface area contributed by atoms with Gasteiger partial charge >= 0.3 is 12.0 Å². The third-order valence-corrected chi connectivity index (χ3v) is 9.09. The molecule has 3 aromatic heterocycles. The zero-order valence-corrected chi connectivity index (χ0v) is 24.8. The van der Waals surface area contributed by atoms with Gasteiger partial charge in [-0.05, 0) is 62.6 Å². The molecule has 0 radical (unpaired) electrons. The molecular formula is C30H35N7O4S. The Hall–Kier alpha value is -4.19. The molecule has 3 N–H and O–H groups in total. The normalized spacial score (nSPS) is 18.8. The molecule has 0 spiro atoms. The minimum atomic E-state index is -0.672. The molecule has 2 unspecified atom stereocenters. The molecule has 3 heterocycles. The number of benzene rings is 1. The second kappa shape index (κ2) is 12.8. The van der Waals surface area contributed by atoms with Crippen molar-refractivity contribution >= 4 is 38.7 Å². The van der Waals surface area contributed by atoms with E-state index in [0.29, 0.717) is 47.7 Å². The van der Waals surface area contributed by atoms with E-state index in [1.165, 1.54) is 11.3 Å². The first-order valence-corrected chi connectivity index (χ1v) is 15.1. The Balaban J connectivity index is 1.42. The number of hydrogen-bond donors (Lipinski definition) is 3. The lowest BCUT2D eigenvalue weighted by Gasteiger charge is -2.26. The molecular weight excluding hydrogens is 554 g/mol. The number of carbonyl (C=O) groups is 2. The molecule has 1 aliphatic rings. The largest absolute Gasteiger partial charge is 0.481 e. The van der Waals surface area contributed by atoms with Crippen molar-refractivity contribution in [2.24, 2.45) is 11.3 Å². The fraction of sp³-hybridized carbons (Fsp3) is 0.433. The molecule has 0 bridgehead atoms. The van der Waals surface area contributed by atoms with E-state index in [4.69, 9.17) is 4.74 Å². The second-order valence-electron chi connectivity index (χ2n) is 10.6. The summed E-state index contributed by atoms with van der Waals surface area (Å²) in [5.41, 5.74) is 2.49. The number of methoxy groups -OCH3 is 1. The van der Waals surface area contributed by atoms with Crippen LogP contribution in [0.15, 0.2) is 36.8 Å². The van der Waals surface area contributed by atoms with Crippen LogP contribution in [0, 0.1) is 11.3 Å². The number of aliphatic carboxylic acids is 1. The molecule has 12 heteroatoms. The van der Waals surface area contributed by atoms with E-state index in [-0.39, 0.29) is 6.03 Å². The fourth-order valence-electron chi connectivity index (χ4n) is 5.58. The minimum Gasteiger partial charge on any atom is -0.481 e. The van der Waals surface area contributed by atoms with Crippen LogP contribution in [-0.2, 0) is 11.2 Å². The number of thiazole rings is 1. The maximum atomic E-state index is 12.1. The molecule has 4 aromatic rings. The summed E-state index contributed by atoms with van der Waals surface area (Å²) >= 11 is 1.35.